The summed E-state index contributed by atoms with van der Waals surface area (Å²) in [4.78, 5) is 7.12. The molecule has 0 aliphatic carbocycles. The summed E-state index contributed by atoms with van der Waals surface area (Å²) in [5.74, 6) is -0.0185. The average Bonchev–Trinajstić information content (AvgIpc) is 1.85. The maximum atomic E-state index is 10.2. The molecule has 1 aromatic rings. The van der Waals surface area contributed by atoms with Gasteiger partial charge in [0.15, 0.2) is 5.82 Å². The van der Waals surface area contributed by atoms with Crippen molar-refractivity contribution in [1.82, 2.24) is 9.97 Å². The SMILES string of the molecule is O=S(=O)(O)Nc1cnccn1. The molecule has 0 spiro atoms. The maximum absolute atomic E-state index is 10.2. The van der Waals surface area contributed by atoms with Gasteiger partial charge in [0.1, 0.15) is 0 Å². The van der Waals surface area contributed by atoms with E-state index in [9.17, 15) is 8.42 Å². The topological polar surface area (TPSA) is 92.2 Å². The smallest absolute Gasteiger partial charge is 0.269 e. The standard InChI is InChI=1S/C4H5N3O3S/c8-11(9,10)7-4-3-5-1-2-6-4/h1-3H,(H,6,7)(H,8,9,10). The summed E-state index contributed by atoms with van der Waals surface area (Å²) in [6.45, 7) is 0. The van der Waals surface area contributed by atoms with Crippen LogP contribution < -0.4 is 4.72 Å². The van der Waals surface area contributed by atoms with E-state index in [-0.39, 0.29) is 5.82 Å². The third-order valence-corrected chi connectivity index (χ3v) is 1.26. The van der Waals surface area contributed by atoms with E-state index in [1.165, 1.54) is 18.6 Å². The molecular weight excluding hydrogens is 170 g/mol. The lowest BCUT2D eigenvalue weighted by Gasteiger charge is -1.97. The van der Waals surface area contributed by atoms with Crippen LogP contribution >= 0.6 is 0 Å². The van der Waals surface area contributed by atoms with E-state index in [1.807, 2.05) is 0 Å². The van der Waals surface area contributed by atoms with Crippen molar-refractivity contribution in [2.45, 2.75) is 0 Å². The van der Waals surface area contributed by atoms with Gasteiger partial charge in [-0.15, -0.1) is 0 Å². The van der Waals surface area contributed by atoms with E-state index in [0.29, 0.717) is 0 Å². The van der Waals surface area contributed by atoms with Crippen molar-refractivity contribution >= 4 is 16.1 Å². The Balaban J connectivity index is 2.82. The molecule has 0 aromatic carbocycles. The first kappa shape index (κ1) is 7.89. The van der Waals surface area contributed by atoms with Gasteiger partial charge in [0.05, 0.1) is 6.20 Å². The van der Waals surface area contributed by atoms with Crippen LogP contribution in [-0.4, -0.2) is 22.9 Å². The second-order valence-corrected chi connectivity index (χ2v) is 2.82. The quantitative estimate of drug-likeness (QED) is 0.601. The predicted molar refractivity (Wildman–Crippen MR) is 37.2 cm³/mol. The molecule has 0 fully saturated rings. The Bertz CT molecular complexity index is 322. The molecular formula is C4H5N3O3S. The second kappa shape index (κ2) is 2.81. The minimum atomic E-state index is -4.23. The van der Waals surface area contributed by atoms with Crippen molar-refractivity contribution in [3.63, 3.8) is 0 Å². The van der Waals surface area contributed by atoms with Crippen LogP contribution in [0.4, 0.5) is 5.82 Å². The van der Waals surface area contributed by atoms with Crippen molar-refractivity contribution in [2.75, 3.05) is 4.72 Å². The van der Waals surface area contributed by atoms with Gasteiger partial charge in [0, 0.05) is 12.4 Å². The molecule has 2 N–H and O–H groups in total. The lowest BCUT2D eigenvalue weighted by atomic mass is 10.7. The van der Waals surface area contributed by atoms with Gasteiger partial charge >= 0.3 is 10.3 Å². The van der Waals surface area contributed by atoms with Gasteiger partial charge in [-0.25, -0.2) is 9.71 Å². The highest BCUT2D eigenvalue weighted by molar-refractivity contribution is 7.87. The summed E-state index contributed by atoms with van der Waals surface area (Å²) in [5.41, 5.74) is 0. The zero-order valence-electron chi connectivity index (χ0n) is 5.30. The Morgan fingerprint density at radius 1 is 1.45 bits per heavy atom. The summed E-state index contributed by atoms with van der Waals surface area (Å²) < 4.78 is 30.4. The number of anilines is 1. The third-order valence-electron chi connectivity index (χ3n) is 0.797. The fourth-order valence-corrected chi connectivity index (χ4v) is 0.854. The van der Waals surface area contributed by atoms with E-state index in [2.05, 4.69) is 9.97 Å². The molecule has 0 aliphatic heterocycles. The van der Waals surface area contributed by atoms with Gasteiger partial charge in [0.25, 0.3) is 0 Å². The largest absolute Gasteiger partial charge is 0.358 e. The predicted octanol–water partition coefficient (Wildman–Crippen LogP) is -0.309. The van der Waals surface area contributed by atoms with E-state index in [1.54, 1.807) is 4.72 Å². The highest BCUT2D eigenvalue weighted by Gasteiger charge is 2.02. The van der Waals surface area contributed by atoms with Crippen LogP contribution in [0.25, 0.3) is 0 Å². The van der Waals surface area contributed by atoms with E-state index >= 15 is 0 Å². The van der Waals surface area contributed by atoms with Crippen LogP contribution in [0, 0.1) is 0 Å². The highest BCUT2D eigenvalue weighted by Crippen LogP contribution is 1.98. The van der Waals surface area contributed by atoms with Crippen molar-refractivity contribution in [3.05, 3.63) is 18.6 Å². The molecule has 0 saturated carbocycles. The van der Waals surface area contributed by atoms with E-state index in [0.717, 1.165) is 0 Å². The summed E-state index contributed by atoms with van der Waals surface area (Å²) in [7, 11) is -4.23. The van der Waals surface area contributed by atoms with Crippen LogP contribution in [0.5, 0.6) is 0 Å². The molecule has 1 aromatic heterocycles. The van der Waals surface area contributed by atoms with Crippen molar-refractivity contribution in [1.29, 1.82) is 0 Å². The Labute approximate surface area is 63.2 Å². The number of nitrogens with zero attached hydrogens (tertiary/aromatic N) is 2. The first-order chi connectivity index (χ1) is 5.08. The zero-order valence-corrected chi connectivity index (χ0v) is 6.11. The molecule has 1 heterocycles. The number of nitrogens with one attached hydrogen (secondary N) is 1. The number of hydrogen-bond donors (Lipinski definition) is 2. The number of rotatable bonds is 2. The molecule has 7 heteroatoms. The van der Waals surface area contributed by atoms with Gasteiger partial charge < -0.3 is 0 Å². The van der Waals surface area contributed by atoms with E-state index < -0.39 is 10.3 Å². The average molecular weight is 175 g/mol. The summed E-state index contributed by atoms with van der Waals surface area (Å²) in [5, 5.41) is 0. The summed E-state index contributed by atoms with van der Waals surface area (Å²) in [6.07, 6.45) is 3.86. The van der Waals surface area contributed by atoms with E-state index in [4.69, 9.17) is 4.55 Å². The molecule has 11 heavy (non-hydrogen) atoms. The van der Waals surface area contributed by atoms with Crippen LogP contribution in [0.15, 0.2) is 18.6 Å². The first-order valence-corrected chi connectivity index (χ1v) is 4.03. The van der Waals surface area contributed by atoms with Crippen LogP contribution in [0.2, 0.25) is 0 Å². The molecule has 6 nitrogen and oxygen atoms in total. The van der Waals surface area contributed by atoms with Gasteiger partial charge in [-0.1, -0.05) is 0 Å². The van der Waals surface area contributed by atoms with Crippen LogP contribution in [0.1, 0.15) is 0 Å². The molecule has 0 amide bonds. The van der Waals surface area contributed by atoms with Crippen molar-refractivity contribution < 1.29 is 13.0 Å². The fraction of sp³-hybridized carbons (Fsp3) is 0. The van der Waals surface area contributed by atoms with Gasteiger partial charge in [-0.05, 0) is 0 Å². The van der Waals surface area contributed by atoms with Crippen LogP contribution in [0.3, 0.4) is 0 Å². The lowest BCUT2D eigenvalue weighted by molar-refractivity contribution is 0.489. The molecule has 0 saturated heterocycles. The Hall–Kier alpha value is -1.21. The lowest BCUT2D eigenvalue weighted by Crippen LogP contribution is -2.11. The Morgan fingerprint density at radius 3 is 2.64 bits per heavy atom. The van der Waals surface area contributed by atoms with Crippen molar-refractivity contribution in [2.24, 2.45) is 0 Å². The number of aromatic nitrogens is 2. The van der Waals surface area contributed by atoms with Crippen LogP contribution in [-0.2, 0) is 10.3 Å². The number of hydrogen-bond acceptors (Lipinski definition) is 4. The third kappa shape index (κ3) is 2.92. The molecule has 1 rings (SSSR count). The van der Waals surface area contributed by atoms with Crippen molar-refractivity contribution in [3.8, 4) is 0 Å². The maximum Gasteiger partial charge on any atom is 0.358 e. The fourth-order valence-electron chi connectivity index (χ4n) is 0.484. The summed E-state index contributed by atoms with van der Waals surface area (Å²) in [6, 6.07) is 0. The summed E-state index contributed by atoms with van der Waals surface area (Å²) >= 11 is 0. The molecule has 0 unspecified atom stereocenters. The molecule has 0 bridgehead atoms. The minimum Gasteiger partial charge on any atom is -0.269 e. The normalized spacial score (nSPS) is 11.0. The molecule has 0 atom stereocenters. The Kier molecular flexibility index (Phi) is 2.01. The minimum absolute atomic E-state index is 0.0185. The molecule has 0 aliphatic rings. The van der Waals surface area contributed by atoms with Gasteiger partial charge in [-0.2, -0.15) is 8.42 Å². The highest BCUT2D eigenvalue weighted by atomic mass is 32.2. The monoisotopic (exact) mass is 175 g/mol. The molecule has 60 valence electrons. The van der Waals surface area contributed by atoms with Gasteiger partial charge in [0.2, 0.25) is 0 Å². The Morgan fingerprint density at radius 2 is 2.18 bits per heavy atom. The second-order valence-electron chi connectivity index (χ2n) is 1.67. The zero-order chi connectivity index (χ0) is 8.32. The first-order valence-electron chi connectivity index (χ1n) is 2.59. The molecule has 0 radical (unpaired) electrons. The van der Waals surface area contributed by atoms with Gasteiger partial charge in [-0.3, -0.25) is 9.54 Å².